The highest BCUT2D eigenvalue weighted by molar-refractivity contribution is 4.56. The topological polar surface area (TPSA) is 38.7 Å². The third kappa shape index (κ3) is 3.52. The Kier molecular flexibility index (Phi) is 4.58. The summed E-state index contributed by atoms with van der Waals surface area (Å²) < 4.78 is 10.7. The van der Waals surface area contributed by atoms with Crippen LogP contribution in [0.15, 0.2) is 0 Å². The van der Waals surface area contributed by atoms with Crippen LogP contribution in [0.25, 0.3) is 0 Å². The van der Waals surface area contributed by atoms with Gasteiger partial charge in [-0.3, -0.25) is 0 Å². The van der Waals surface area contributed by atoms with Crippen molar-refractivity contribution in [2.45, 2.75) is 45.0 Å². The van der Waals surface area contributed by atoms with Crippen molar-refractivity contribution < 1.29 is 14.6 Å². The van der Waals surface area contributed by atoms with E-state index >= 15 is 0 Å². The molecule has 0 aromatic carbocycles. The minimum absolute atomic E-state index is 0.0695. The molecule has 1 N–H and O–H groups in total. The van der Waals surface area contributed by atoms with Gasteiger partial charge in [0.1, 0.15) is 0 Å². The molecular weight excluding hydrogens is 156 g/mol. The van der Waals surface area contributed by atoms with E-state index in [0.717, 1.165) is 25.9 Å². The molecule has 3 heteroatoms. The maximum absolute atomic E-state index is 9.21. The molecule has 1 rings (SSSR count). The second-order valence-electron chi connectivity index (χ2n) is 3.19. The van der Waals surface area contributed by atoms with E-state index in [2.05, 4.69) is 0 Å². The normalized spacial score (nSPS) is 27.0. The fourth-order valence-corrected chi connectivity index (χ4v) is 1.18. The molecule has 3 nitrogen and oxygen atoms in total. The molecule has 0 aromatic rings. The van der Waals surface area contributed by atoms with Gasteiger partial charge in [0, 0.05) is 6.61 Å². The summed E-state index contributed by atoms with van der Waals surface area (Å²) >= 11 is 0. The molecule has 1 fully saturated rings. The predicted octanol–water partition coefficient (Wildman–Crippen LogP) is 1.30. The van der Waals surface area contributed by atoms with Crippen molar-refractivity contribution in [3.05, 3.63) is 0 Å². The van der Waals surface area contributed by atoms with Crippen molar-refractivity contribution in [1.29, 1.82) is 0 Å². The molecule has 1 heterocycles. The SMILES string of the molecule is CC[C@H](O)COC1CCCCO1. The standard InChI is InChI=1S/C9H18O3/c1-2-8(10)7-12-9-5-3-4-6-11-9/h8-10H,2-7H2,1H3/t8-,9?/m0/s1. The Bertz CT molecular complexity index is 110. The van der Waals surface area contributed by atoms with Gasteiger partial charge in [-0.1, -0.05) is 6.92 Å². The molecular formula is C9H18O3. The summed E-state index contributed by atoms with van der Waals surface area (Å²) in [6.07, 6.45) is 3.61. The van der Waals surface area contributed by atoms with Crippen molar-refractivity contribution >= 4 is 0 Å². The zero-order chi connectivity index (χ0) is 8.81. The summed E-state index contributed by atoms with van der Waals surface area (Å²) in [7, 11) is 0. The van der Waals surface area contributed by atoms with Gasteiger partial charge in [-0.25, -0.2) is 0 Å². The average Bonchev–Trinajstić information content (AvgIpc) is 2.16. The molecule has 0 spiro atoms. The lowest BCUT2D eigenvalue weighted by Gasteiger charge is -2.23. The number of aliphatic hydroxyl groups is 1. The maximum atomic E-state index is 9.21. The van der Waals surface area contributed by atoms with Gasteiger partial charge >= 0.3 is 0 Å². The van der Waals surface area contributed by atoms with Crippen LogP contribution in [0.3, 0.4) is 0 Å². The van der Waals surface area contributed by atoms with Gasteiger partial charge in [-0.05, 0) is 25.7 Å². The van der Waals surface area contributed by atoms with Crippen LogP contribution in [-0.2, 0) is 9.47 Å². The number of hydrogen-bond acceptors (Lipinski definition) is 3. The molecule has 12 heavy (non-hydrogen) atoms. The molecule has 0 amide bonds. The Hall–Kier alpha value is -0.120. The lowest BCUT2D eigenvalue weighted by atomic mass is 10.2. The van der Waals surface area contributed by atoms with Crippen LogP contribution >= 0.6 is 0 Å². The van der Waals surface area contributed by atoms with Gasteiger partial charge in [-0.2, -0.15) is 0 Å². The molecule has 1 aliphatic heterocycles. The van der Waals surface area contributed by atoms with Gasteiger partial charge in [0.2, 0.25) is 0 Å². The minimum atomic E-state index is -0.337. The second-order valence-corrected chi connectivity index (χ2v) is 3.19. The van der Waals surface area contributed by atoms with Crippen molar-refractivity contribution in [3.8, 4) is 0 Å². The van der Waals surface area contributed by atoms with E-state index in [9.17, 15) is 5.11 Å². The Morgan fingerprint density at radius 3 is 3.00 bits per heavy atom. The van der Waals surface area contributed by atoms with Crippen molar-refractivity contribution in [3.63, 3.8) is 0 Å². The lowest BCUT2D eigenvalue weighted by molar-refractivity contribution is -0.175. The third-order valence-corrected chi connectivity index (χ3v) is 2.08. The van der Waals surface area contributed by atoms with Crippen molar-refractivity contribution in [2.24, 2.45) is 0 Å². The quantitative estimate of drug-likeness (QED) is 0.698. The minimum Gasteiger partial charge on any atom is -0.391 e. The maximum Gasteiger partial charge on any atom is 0.157 e. The smallest absolute Gasteiger partial charge is 0.157 e. The zero-order valence-electron chi connectivity index (χ0n) is 7.66. The van der Waals surface area contributed by atoms with Crippen LogP contribution in [-0.4, -0.2) is 30.7 Å². The Morgan fingerprint density at radius 2 is 2.42 bits per heavy atom. The molecule has 0 aromatic heterocycles. The highest BCUT2D eigenvalue weighted by atomic mass is 16.7. The molecule has 1 aliphatic rings. The molecule has 2 atom stereocenters. The number of rotatable bonds is 4. The van der Waals surface area contributed by atoms with E-state index in [1.54, 1.807) is 0 Å². The lowest BCUT2D eigenvalue weighted by Crippen LogP contribution is -2.26. The Labute approximate surface area is 73.7 Å². The summed E-state index contributed by atoms with van der Waals surface area (Å²) in [5.74, 6) is 0. The second kappa shape index (κ2) is 5.51. The molecule has 0 aliphatic carbocycles. The van der Waals surface area contributed by atoms with Crippen LogP contribution in [0.4, 0.5) is 0 Å². The number of ether oxygens (including phenoxy) is 2. The summed E-state index contributed by atoms with van der Waals surface area (Å²) in [6, 6.07) is 0. The zero-order valence-corrected chi connectivity index (χ0v) is 7.66. The molecule has 1 saturated heterocycles. The Morgan fingerprint density at radius 1 is 1.58 bits per heavy atom. The van der Waals surface area contributed by atoms with Crippen LogP contribution in [0, 0.1) is 0 Å². The van der Waals surface area contributed by atoms with Crippen LogP contribution < -0.4 is 0 Å². The fraction of sp³-hybridized carbons (Fsp3) is 1.00. The largest absolute Gasteiger partial charge is 0.391 e. The number of hydrogen-bond donors (Lipinski definition) is 1. The summed E-state index contributed by atoms with van der Waals surface area (Å²) in [6.45, 7) is 3.14. The molecule has 0 radical (unpaired) electrons. The number of aliphatic hydroxyl groups excluding tert-OH is 1. The van der Waals surface area contributed by atoms with Crippen LogP contribution in [0.2, 0.25) is 0 Å². The van der Waals surface area contributed by atoms with E-state index in [1.807, 2.05) is 6.92 Å². The fourth-order valence-electron chi connectivity index (χ4n) is 1.18. The third-order valence-electron chi connectivity index (χ3n) is 2.08. The first-order valence-electron chi connectivity index (χ1n) is 4.74. The van der Waals surface area contributed by atoms with Gasteiger partial charge in [0.05, 0.1) is 12.7 Å². The molecule has 1 unspecified atom stereocenters. The van der Waals surface area contributed by atoms with Crippen molar-refractivity contribution in [2.75, 3.05) is 13.2 Å². The Balaban J connectivity index is 2.05. The average molecular weight is 174 g/mol. The van der Waals surface area contributed by atoms with E-state index < -0.39 is 0 Å². The van der Waals surface area contributed by atoms with Crippen LogP contribution in [0.5, 0.6) is 0 Å². The highest BCUT2D eigenvalue weighted by Gasteiger charge is 2.14. The molecule has 0 bridgehead atoms. The first kappa shape index (κ1) is 9.96. The van der Waals surface area contributed by atoms with E-state index in [4.69, 9.17) is 9.47 Å². The summed E-state index contributed by atoms with van der Waals surface area (Å²) in [4.78, 5) is 0. The van der Waals surface area contributed by atoms with E-state index in [1.165, 1.54) is 6.42 Å². The van der Waals surface area contributed by atoms with Gasteiger partial charge < -0.3 is 14.6 Å². The monoisotopic (exact) mass is 174 g/mol. The van der Waals surface area contributed by atoms with Gasteiger partial charge in [-0.15, -0.1) is 0 Å². The first-order valence-corrected chi connectivity index (χ1v) is 4.74. The van der Waals surface area contributed by atoms with Gasteiger partial charge in [0.25, 0.3) is 0 Å². The van der Waals surface area contributed by atoms with Crippen LogP contribution in [0.1, 0.15) is 32.6 Å². The van der Waals surface area contributed by atoms with Crippen molar-refractivity contribution in [1.82, 2.24) is 0 Å². The highest BCUT2D eigenvalue weighted by Crippen LogP contribution is 2.13. The summed E-state index contributed by atoms with van der Waals surface area (Å²) in [5, 5.41) is 9.21. The summed E-state index contributed by atoms with van der Waals surface area (Å²) in [5.41, 5.74) is 0. The predicted molar refractivity (Wildman–Crippen MR) is 45.8 cm³/mol. The van der Waals surface area contributed by atoms with E-state index in [-0.39, 0.29) is 12.4 Å². The molecule has 0 saturated carbocycles. The van der Waals surface area contributed by atoms with E-state index in [0.29, 0.717) is 6.61 Å². The first-order chi connectivity index (χ1) is 5.83. The molecule has 72 valence electrons. The van der Waals surface area contributed by atoms with Gasteiger partial charge in [0.15, 0.2) is 6.29 Å².